The Hall–Kier alpha value is -1.46. The van der Waals surface area contributed by atoms with Crippen molar-refractivity contribution in [2.45, 2.75) is 91.1 Å². The second-order valence-electron chi connectivity index (χ2n) is 10.1. The second kappa shape index (κ2) is 5.77. The second-order valence-corrected chi connectivity index (χ2v) is 10.1. The quantitative estimate of drug-likeness (QED) is 0.700. The van der Waals surface area contributed by atoms with Gasteiger partial charge in [0.05, 0.1) is 12.0 Å². The molecule has 0 N–H and O–H groups in total. The Kier molecular flexibility index (Phi) is 4.28. The lowest BCUT2D eigenvalue weighted by molar-refractivity contribution is -0.243. The minimum atomic E-state index is -0.661. The first kappa shape index (κ1) is 19.3. The van der Waals surface area contributed by atoms with Crippen LogP contribution in [0.15, 0.2) is 5.18 Å². The molecule has 1 heterocycles. The summed E-state index contributed by atoms with van der Waals surface area (Å²) in [6, 6.07) is 0. The number of nitroso groups, excluding NO2 is 1. The van der Waals surface area contributed by atoms with E-state index in [0.29, 0.717) is 18.8 Å². The lowest BCUT2D eigenvalue weighted by Gasteiger charge is -2.50. The van der Waals surface area contributed by atoms with Gasteiger partial charge in [0.25, 0.3) is 5.91 Å². The monoisotopic (exact) mass is 364 g/mol. The predicted molar refractivity (Wildman–Crippen MR) is 97.8 cm³/mol. The Labute approximate surface area is 156 Å². The summed E-state index contributed by atoms with van der Waals surface area (Å²) in [5.74, 6) is -0.0977. The molecule has 3 aliphatic rings. The molecule has 0 unspecified atom stereocenters. The topological polar surface area (TPSA) is 76.0 Å². The largest absolute Gasteiger partial charge is 0.338 e. The number of carbonyl (C=O) groups excluding carboxylic acids is 2. The van der Waals surface area contributed by atoms with Crippen LogP contribution in [0, 0.1) is 27.6 Å². The molecule has 0 aromatic carbocycles. The summed E-state index contributed by atoms with van der Waals surface area (Å²) >= 11 is 0. The van der Waals surface area contributed by atoms with E-state index in [2.05, 4.69) is 19.0 Å². The van der Waals surface area contributed by atoms with Gasteiger partial charge in [0.15, 0.2) is 0 Å². The molecule has 2 bridgehead atoms. The zero-order valence-corrected chi connectivity index (χ0v) is 16.9. The number of hydroxylamine groups is 2. The number of nitrogens with zero attached hydrogens (tertiary/aromatic N) is 2. The highest BCUT2D eigenvalue weighted by atomic mass is 16.7. The highest BCUT2D eigenvalue weighted by Crippen LogP contribution is 2.58. The first-order valence-electron chi connectivity index (χ1n) is 9.77. The van der Waals surface area contributed by atoms with Gasteiger partial charge < -0.3 is 4.84 Å². The van der Waals surface area contributed by atoms with Crippen molar-refractivity contribution in [3.63, 3.8) is 0 Å². The minimum Gasteiger partial charge on any atom is -0.338 e. The van der Waals surface area contributed by atoms with Crippen LogP contribution in [0.25, 0.3) is 0 Å². The number of hydrogen-bond acceptors (Lipinski definition) is 5. The van der Waals surface area contributed by atoms with Gasteiger partial charge in [-0.05, 0) is 62.2 Å². The molecule has 3 fully saturated rings. The molecule has 1 amide bonds. The Morgan fingerprint density at radius 3 is 2.35 bits per heavy atom. The maximum Gasteiger partial charge on any atom is 0.332 e. The standard InChI is InChI=1S/C20H32N2O4/c1-17(2)14(7-9-19(17,5)21-25)12-16(24)26-22-15(23)11-13-8-10-20(22,6)18(13,3)4/h13-14H,7-12H2,1-6H3/t13-,14+,19+,20-/m1/s1. The Morgan fingerprint density at radius 1 is 1.12 bits per heavy atom. The first-order chi connectivity index (χ1) is 11.9. The lowest BCUT2D eigenvalue weighted by Crippen LogP contribution is -2.61. The van der Waals surface area contributed by atoms with Crippen LogP contribution in [-0.4, -0.2) is 28.0 Å². The van der Waals surface area contributed by atoms with Gasteiger partial charge in [-0.3, -0.25) is 4.79 Å². The highest BCUT2D eigenvalue weighted by Gasteiger charge is 2.62. The van der Waals surface area contributed by atoms with E-state index in [1.54, 1.807) is 0 Å². The van der Waals surface area contributed by atoms with E-state index in [9.17, 15) is 14.5 Å². The van der Waals surface area contributed by atoms with Crippen molar-refractivity contribution in [1.82, 2.24) is 5.06 Å². The molecule has 0 radical (unpaired) electrons. The van der Waals surface area contributed by atoms with Crippen LogP contribution in [0.1, 0.15) is 80.1 Å². The van der Waals surface area contributed by atoms with Crippen LogP contribution in [0.2, 0.25) is 0 Å². The van der Waals surface area contributed by atoms with Crippen molar-refractivity contribution in [2.24, 2.45) is 27.8 Å². The fraction of sp³-hybridized carbons (Fsp3) is 0.900. The van der Waals surface area contributed by atoms with Crippen LogP contribution >= 0.6 is 0 Å². The van der Waals surface area contributed by atoms with Crippen molar-refractivity contribution < 1.29 is 14.4 Å². The van der Waals surface area contributed by atoms with E-state index in [-0.39, 0.29) is 35.0 Å². The SMILES string of the molecule is CC1(C)[C@@H]2CC[C@@]1(C)N(OC(=O)C[C@@H]1CC[C@](C)(N=O)C1(C)C)C(=O)C2. The summed E-state index contributed by atoms with van der Waals surface area (Å²) in [6.07, 6.45) is 3.94. The molecule has 146 valence electrons. The van der Waals surface area contributed by atoms with E-state index in [1.165, 1.54) is 5.06 Å². The molecule has 0 aromatic heterocycles. The average Bonchev–Trinajstić information content (AvgIpc) is 2.84. The molecule has 1 aliphatic heterocycles. The molecule has 1 saturated heterocycles. The predicted octanol–water partition coefficient (Wildman–Crippen LogP) is 4.22. The lowest BCUT2D eigenvalue weighted by atomic mass is 9.67. The van der Waals surface area contributed by atoms with Crippen LogP contribution in [-0.2, 0) is 14.4 Å². The number of carbonyl (C=O) groups is 2. The third kappa shape index (κ3) is 2.43. The van der Waals surface area contributed by atoms with E-state index < -0.39 is 11.1 Å². The van der Waals surface area contributed by atoms with E-state index in [4.69, 9.17) is 4.84 Å². The summed E-state index contributed by atoms with van der Waals surface area (Å²) in [4.78, 5) is 42.3. The Balaban J connectivity index is 1.73. The number of fused-ring (bicyclic) bond motifs is 2. The zero-order chi connectivity index (χ0) is 19.5. The summed E-state index contributed by atoms with van der Waals surface area (Å²) < 4.78 is 0. The molecule has 6 heteroatoms. The van der Waals surface area contributed by atoms with Gasteiger partial charge in [-0.2, -0.15) is 9.97 Å². The maximum atomic E-state index is 12.7. The Morgan fingerprint density at radius 2 is 1.77 bits per heavy atom. The van der Waals surface area contributed by atoms with Gasteiger partial charge in [-0.25, -0.2) is 4.79 Å². The molecule has 0 spiro atoms. The van der Waals surface area contributed by atoms with Gasteiger partial charge in [0, 0.05) is 6.42 Å². The zero-order valence-electron chi connectivity index (χ0n) is 16.9. The van der Waals surface area contributed by atoms with Gasteiger partial charge >= 0.3 is 5.97 Å². The van der Waals surface area contributed by atoms with E-state index in [0.717, 1.165) is 19.3 Å². The normalized spacial score (nSPS) is 40.5. The highest BCUT2D eigenvalue weighted by molar-refractivity contribution is 5.80. The third-order valence-electron chi connectivity index (χ3n) is 8.68. The minimum absolute atomic E-state index is 0.0229. The number of rotatable bonds is 4. The molecule has 2 saturated carbocycles. The molecule has 2 aliphatic carbocycles. The molecule has 6 nitrogen and oxygen atoms in total. The van der Waals surface area contributed by atoms with Crippen molar-refractivity contribution >= 4 is 11.9 Å². The summed E-state index contributed by atoms with van der Waals surface area (Å²) in [5, 5.41) is 4.72. The van der Waals surface area contributed by atoms with E-state index >= 15 is 0 Å². The number of hydrogen-bond donors (Lipinski definition) is 0. The van der Waals surface area contributed by atoms with Crippen molar-refractivity contribution in [3.05, 3.63) is 4.91 Å². The van der Waals surface area contributed by atoms with Crippen molar-refractivity contribution in [2.75, 3.05) is 0 Å². The molecule has 3 rings (SSSR count). The van der Waals surface area contributed by atoms with Crippen molar-refractivity contribution in [1.29, 1.82) is 0 Å². The first-order valence-corrected chi connectivity index (χ1v) is 9.77. The summed E-state index contributed by atoms with van der Waals surface area (Å²) in [7, 11) is 0. The van der Waals surface area contributed by atoms with Crippen molar-refractivity contribution in [3.8, 4) is 0 Å². The summed E-state index contributed by atoms with van der Waals surface area (Å²) in [6.45, 7) is 12.2. The third-order valence-corrected chi connectivity index (χ3v) is 8.68. The fourth-order valence-electron chi connectivity index (χ4n) is 5.46. The molecule has 26 heavy (non-hydrogen) atoms. The average molecular weight is 364 g/mol. The molecular formula is C20H32N2O4. The smallest absolute Gasteiger partial charge is 0.332 e. The number of amides is 1. The van der Waals surface area contributed by atoms with Gasteiger partial charge in [0.1, 0.15) is 5.54 Å². The van der Waals surface area contributed by atoms with Gasteiger partial charge in [-0.1, -0.05) is 32.9 Å². The molecule has 0 aromatic rings. The molecular weight excluding hydrogens is 332 g/mol. The van der Waals surface area contributed by atoms with Crippen LogP contribution in [0.4, 0.5) is 0 Å². The van der Waals surface area contributed by atoms with Crippen LogP contribution in [0.5, 0.6) is 0 Å². The van der Waals surface area contributed by atoms with Crippen LogP contribution < -0.4 is 0 Å². The van der Waals surface area contributed by atoms with Gasteiger partial charge in [0.2, 0.25) is 0 Å². The number of piperidine rings is 1. The maximum absolute atomic E-state index is 12.7. The van der Waals surface area contributed by atoms with E-state index in [1.807, 2.05) is 27.7 Å². The van der Waals surface area contributed by atoms with Gasteiger partial charge in [-0.15, -0.1) is 0 Å². The Bertz CT molecular complexity index is 644. The van der Waals surface area contributed by atoms with Crippen LogP contribution in [0.3, 0.4) is 0 Å². The molecule has 4 atom stereocenters. The fourth-order valence-corrected chi connectivity index (χ4v) is 5.46. The summed E-state index contributed by atoms with van der Waals surface area (Å²) in [5.41, 5.74) is -1.56.